The van der Waals surface area contributed by atoms with Crippen molar-refractivity contribution in [1.82, 2.24) is 20.8 Å². The molecule has 1 aromatic heterocycles. The molecule has 1 heterocycles. The molecule has 130 valence electrons. The second-order valence-corrected chi connectivity index (χ2v) is 6.06. The molecule has 0 saturated carbocycles. The average Bonchev–Trinajstić information content (AvgIpc) is 3.03. The van der Waals surface area contributed by atoms with Crippen LogP contribution in [0.1, 0.15) is 49.5 Å². The van der Waals surface area contributed by atoms with Gasteiger partial charge in [-0.25, -0.2) is 4.99 Å². The van der Waals surface area contributed by atoms with Crippen molar-refractivity contribution in [1.29, 1.82) is 0 Å². The molecule has 0 amide bonds. The van der Waals surface area contributed by atoms with Crippen LogP contribution in [0.15, 0.2) is 33.8 Å². The highest BCUT2D eigenvalue weighted by atomic mass is 16.5. The third-order valence-electron chi connectivity index (χ3n) is 3.52. The summed E-state index contributed by atoms with van der Waals surface area (Å²) in [7, 11) is 0. The van der Waals surface area contributed by atoms with Gasteiger partial charge in [-0.15, -0.1) is 0 Å². The van der Waals surface area contributed by atoms with E-state index in [0.717, 1.165) is 18.3 Å². The second kappa shape index (κ2) is 9.05. The molecule has 0 saturated heterocycles. The smallest absolute Gasteiger partial charge is 0.228 e. The number of hydrogen-bond donors (Lipinski definition) is 2. The van der Waals surface area contributed by atoms with Crippen LogP contribution in [0.2, 0.25) is 0 Å². The first-order valence-electron chi connectivity index (χ1n) is 8.48. The van der Waals surface area contributed by atoms with Gasteiger partial charge in [0, 0.05) is 25.4 Å². The van der Waals surface area contributed by atoms with Crippen molar-refractivity contribution in [3.63, 3.8) is 0 Å². The minimum Gasteiger partial charge on any atom is -0.357 e. The van der Waals surface area contributed by atoms with Crippen LogP contribution in [0.25, 0.3) is 0 Å². The third kappa shape index (κ3) is 5.68. The van der Waals surface area contributed by atoms with Crippen LogP contribution in [0.3, 0.4) is 0 Å². The van der Waals surface area contributed by atoms with Crippen LogP contribution >= 0.6 is 0 Å². The topological polar surface area (TPSA) is 75.3 Å². The number of benzene rings is 1. The fraction of sp³-hybridized carbons (Fsp3) is 0.500. The van der Waals surface area contributed by atoms with Crippen LogP contribution in [0.5, 0.6) is 0 Å². The molecular formula is C18H27N5O. The number of hydrogen-bond acceptors (Lipinski definition) is 4. The maximum atomic E-state index is 5.25. The molecule has 0 unspecified atom stereocenters. The summed E-state index contributed by atoms with van der Waals surface area (Å²) >= 11 is 0. The highest BCUT2D eigenvalue weighted by molar-refractivity contribution is 5.79. The van der Waals surface area contributed by atoms with Gasteiger partial charge in [-0.2, -0.15) is 4.98 Å². The number of guanidine groups is 1. The van der Waals surface area contributed by atoms with E-state index < -0.39 is 0 Å². The molecule has 0 radical (unpaired) electrons. The Balaban J connectivity index is 1.85. The van der Waals surface area contributed by atoms with Crippen LogP contribution < -0.4 is 10.6 Å². The lowest BCUT2D eigenvalue weighted by Crippen LogP contribution is -2.38. The first kappa shape index (κ1) is 18.0. The Bertz CT molecular complexity index is 646. The first-order chi connectivity index (χ1) is 11.6. The molecule has 1 aromatic carbocycles. The lowest BCUT2D eigenvalue weighted by Gasteiger charge is -2.10. The maximum absolute atomic E-state index is 5.25. The second-order valence-electron chi connectivity index (χ2n) is 6.06. The fourth-order valence-corrected chi connectivity index (χ4v) is 2.10. The van der Waals surface area contributed by atoms with Crippen molar-refractivity contribution in [2.24, 2.45) is 4.99 Å². The molecule has 0 fully saturated rings. The molecule has 2 aromatic rings. The quantitative estimate of drug-likeness (QED) is 0.603. The Kier molecular flexibility index (Phi) is 6.78. The van der Waals surface area contributed by atoms with E-state index in [2.05, 4.69) is 63.9 Å². The molecular weight excluding hydrogens is 302 g/mol. The van der Waals surface area contributed by atoms with Crippen LogP contribution in [-0.4, -0.2) is 29.2 Å². The largest absolute Gasteiger partial charge is 0.357 e. The molecule has 6 nitrogen and oxygen atoms in total. The Morgan fingerprint density at radius 2 is 1.96 bits per heavy atom. The molecule has 2 N–H and O–H groups in total. The summed E-state index contributed by atoms with van der Waals surface area (Å²) in [6.07, 6.45) is 0.675. The van der Waals surface area contributed by atoms with E-state index in [9.17, 15) is 0 Å². The van der Waals surface area contributed by atoms with E-state index >= 15 is 0 Å². The van der Waals surface area contributed by atoms with Gasteiger partial charge in [-0.1, -0.05) is 48.8 Å². The lowest BCUT2D eigenvalue weighted by molar-refractivity contribution is 0.371. The first-order valence-corrected chi connectivity index (χ1v) is 8.48. The van der Waals surface area contributed by atoms with Crippen LogP contribution in [0, 0.1) is 6.92 Å². The third-order valence-corrected chi connectivity index (χ3v) is 3.52. The van der Waals surface area contributed by atoms with Crippen molar-refractivity contribution in [2.75, 3.05) is 13.1 Å². The summed E-state index contributed by atoms with van der Waals surface area (Å²) < 4.78 is 5.25. The van der Waals surface area contributed by atoms with Gasteiger partial charge in [0.2, 0.25) is 5.89 Å². The van der Waals surface area contributed by atoms with Crippen molar-refractivity contribution < 1.29 is 4.52 Å². The van der Waals surface area contributed by atoms with Crippen molar-refractivity contribution in [3.05, 3.63) is 47.1 Å². The zero-order valence-corrected chi connectivity index (χ0v) is 15.0. The van der Waals surface area contributed by atoms with E-state index in [4.69, 9.17) is 4.52 Å². The molecule has 0 aliphatic heterocycles. The summed E-state index contributed by atoms with van der Waals surface area (Å²) in [5.41, 5.74) is 2.45. The Hall–Kier alpha value is -2.37. The van der Waals surface area contributed by atoms with Gasteiger partial charge in [0.05, 0.1) is 6.54 Å². The van der Waals surface area contributed by atoms with Gasteiger partial charge < -0.3 is 15.2 Å². The maximum Gasteiger partial charge on any atom is 0.228 e. The summed E-state index contributed by atoms with van der Waals surface area (Å²) in [4.78, 5) is 8.98. The Morgan fingerprint density at radius 1 is 1.21 bits per heavy atom. The molecule has 24 heavy (non-hydrogen) atoms. The standard InChI is InChI=1S/C18H27N5O/c1-5-19-18(21-12-15-8-6-14(4)7-9-15)20-11-10-16-22-17(13(2)3)23-24-16/h6-9,13H,5,10-12H2,1-4H3,(H2,19,20,21). The van der Waals surface area contributed by atoms with Gasteiger partial charge in [0.25, 0.3) is 0 Å². The number of aryl methyl sites for hydroxylation is 1. The van der Waals surface area contributed by atoms with E-state index in [-0.39, 0.29) is 5.92 Å². The average molecular weight is 329 g/mol. The summed E-state index contributed by atoms with van der Waals surface area (Å²) in [5.74, 6) is 2.48. The molecule has 0 atom stereocenters. The van der Waals surface area contributed by atoms with E-state index in [1.54, 1.807) is 0 Å². The van der Waals surface area contributed by atoms with Gasteiger partial charge in [-0.05, 0) is 19.4 Å². The number of aliphatic imine (C=N–C) groups is 1. The number of nitrogens with one attached hydrogen (secondary N) is 2. The summed E-state index contributed by atoms with van der Waals surface area (Å²) in [6.45, 7) is 10.4. The Labute approximate surface area is 143 Å². The molecule has 0 bridgehead atoms. The van der Waals surface area contributed by atoms with Gasteiger partial charge in [0.15, 0.2) is 11.8 Å². The Morgan fingerprint density at radius 3 is 2.58 bits per heavy atom. The molecule has 6 heteroatoms. The number of aromatic nitrogens is 2. The van der Waals surface area contributed by atoms with Gasteiger partial charge >= 0.3 is 0 Å². The molecule has 0 aliphatic rings. The predicted molar refractivity (Wildman–Crippen MR) is 96.1 cm³/mol. The van der Waals surface area contributed by atoms with Crippen molar-refractivity contribution in [3.8, 4) is 0 Å². The molecule has 0 spiro atoms. The minimum absolute atomic E-state index is 0.281. The normalized spacial score (nSPS) is 11.8. The van der Waals surface area contributed by atoms with E-state index in [1.165, 1.54) is 11.1 Å². The monoisotopic (exact) mass is 329 g/mol. The highest BCUT2D eigenvalue weighted by Gasteiger charge is 2.09. The summed E-state index contributed by atoms with van der Waals surface area (Å²) in [5, 5.41) is 10.5. The van der Waals surface area contributed by atoms with Gasteiger partial charge in [0.1, 0.15) is 0 Å². The highest BCUT2D eigenvalue weighted by Crippen LogP contribution is 2.09. The fourth-order valence-electron chi connectivity index (χ4n) is 2.10. The van der Waals surface area contributed by atoms with Gasteiger partial charge in [-0.3, -0.25) is 0 Å². The summed E-state index contributed by atoms with van der Waals surface area (Å²) in [6, 6.07) is 8.42. The zero-order chi connectivity index (χ0) is 17.4. The van der Waals surface area contributed by atoms with Crippen LogP contribution in [0.4, 0.5) is 0 Å². The number of rotatable bonds is 7. The number of nitrogens with zero attached hydrogens (tertiary/aromatic N) is 3. The minimum atomic E-state index is 0.281. The van der Waals surface area contributed by atoms with E-state index in [1.807, 2.05) is 13.8 Å². The van der Waals surface area contributed by atoms with Crippen molar-refractivity contribution in [2.45, 2.75) is 46.6 Å². The molecule has 2 rings (SSSR count). The van der Waals surface area contributed by atoms with Crippen molar-refractivity contribution >= 4 is 5.96 Å². The SMILES string of the molecule is CCNC(=NCc1ccc(C)cc1)NCCc1nc(C(C)C)no1. The lowest BCUT2D eigenvalue weighted by atomic mass is 10.1. The molecule has 0 aliphatic carbocycles. The zero-order valence-electron chi connectivity index (χ0n) is 15.0. The predicted octanol–water partition coefficient (Wildman–Crippen LogP) is 2.80. The van der Waals surface area contributed by atoms with Crippen LogP contribution in [-0.2, 0) is 13.0 Å². The van der Waals surface area contributed by atoms with E-state index in [0.29, 0.717) is 25.4 Å².